The molecule has 22 heavy (non-hydrogen) atoms. The average Bonchev–Trinajstić information content (AvgIpc) is 2.65. The van der Waals surface area contributed by atoms with Crippen LogP contribution in [0.15, 0.2) is 41.4 Å². The number of rotatable bonds is 2. The Labute approximate surface area is 134 Å². The molecule has 0 saturated carbocycles. The van der Waals surface area contributed by atoms with Crippen molar-refractivity contribution < 1.29 is 4.79 Å². The minimum atomic E-state index is -0.154. The van der Waals surface area contributed by atoms with Crippen LogP contribution in [-0.4, -0.2) is 23.1 Å². The van der Waals surface area contributed by atoms with Crippen LogP contribution in [0.2, 0.25) is 5.02 Å². The molecule has 4 nitrogen and oxygen atoms in total. The third kappa shape index (κ3) is 2.88. The van der Waals surface area contributed by atoms with Crippen LogP contribution in [0, 0.1) is 0 Å². The molecule has 2 aromatic rings. The Morgan fingerprint density at radius 3 is 2.55 bits per heavy atom. The quantitative estimate of drug-likeness (QED) is 0.920. The number of fused-ring (bicyclic) bond motifs is 1. The molecule has 1 aliphatic rings. The molecule has 0 spiro atoms. The molecule has 5 heteroatoms. The summed E-state index contributed by atoms with van der Waals surface area (Å²) in [5.41, 5.74) is 3.45. The maximum Gasteiger partial charge on any atom is 0.247 e. The lowest BCUT2D eigenvalue weighted by Crippen LogP contribution is -2.15. The zero-order valence-corrected chi connectivity index (χ0v) is 13.2. The lowest BCUT2D eigenvalue weighted by atomic mass is 10.0. The SMILES string of the molecule is CC(C)c1ccc2c(n1)NC(=O)CN=C2c1ccc(Cl)cc1. The zero-order chi connectivity index (χ0) is 15.7. The number of halogens is 1. The molecule has 0 radical (unpaired) electrons. The van der Waals surface area contributed by atoms with Crippen molar-refractivity contribution in [3.05, 3.63) is 58.2 Å². The Balaban J connectivity index is 2.12. The Kier molecular flexibility index (Phi) is 3.94. The fourth-order valence-corrected chi connectivity index (χ4v) is 2.47. The van der Waals surface area contributed by atoms with Gasteiger partial charge in [-0.25, -0.2) is 4.98 Å². The first-order chi connectivity index (χ1) is 10.5. The van der Waals surface area contributed by atoms with Gasteiger partial charge in [-0.05, 0) is 30.2 Å². The molecule has 2 heterocycles. The fourth-order valence-electron chi connectivity index (χ4n) is 2.34. The minimum absolute atomic E-state index is 0.0886. The smallest absolute Gasteiger partial charge is 0.247 e. The Morgan fingerprint density at radius 2 is 1.86 bits per heavy atom. The van der Waals surface area contributed by atoms with Crippen molar-refractivity contribution in [1.29, 1.82) is 0 Å². The Morgan fingerprint density at radius 1 is 1.14 bits per heavy atom. The first-order valence-electron chi connectivity index (χ1n) is 7.16. The number of aliphatic imine (C=N–C) groups is 1. The molecule has 1 N–H and O–H groups in total. The van der Waals surface area contributed by atoms with E-state index in [0.29, 0.717) is 16.8 Å². The summed E-state index contributed by atoms with van der Waals surface area (Å²) in [6.45, 7) is 4.23. The first kappa shape index (κ1) is 14.7. The summed E-state index contributed by atoms with van der Waals surface area (Å²) in [5.74, 6) is 0.711. The number of benzene rings is 1. The molecule has 1 aromatic carbocycles. The lowest BCUT2D eigenvalue weighted by Gasteiger charge is -2.12. The number of hydrogen-bond donors (Lipinski definition) is 1. The average molecular weight is 314 g/mol. The van der Waals surface area contributed by atoms with E-state index in [9.17, 15) is 4.79 Å². The van der Waals surface area contributed by atoms with E-state index in [1.807, 2.05) is 36.4 Å². The van der Waals surface area contributed by atoms with Crippen molar-refractivity contribution in [2.45, 2.75) is 19.8 Å². The summed E-state index contributed by atoms with van der Waals surface area (Å²) >= 11 is 5.94. The van der Waals surface area contributed by atoms with Gasteiger partial charge in [0.1, 0.15) is 12.4 Å². The minimum Gasteiger partial charge on any atom is -0.309 e. The number of carbonyl (C=O) groups excluding carboxylic acids is 1. The molecule has 0 aliphatic carbocycles. The summed E-state index contributed by atoms with van der Waals surface area (Å²) in [5, 5.41) is 3.51. The van der Waals surface area contributed by atoms with Gasteiger partial charge in [0.05, 0.1) is 5.71 Å². The van der Waals surface area contributed by atoms with Gasteiger partial charge in [-0.2, -0.15) is 0 Å². The van der Waals surface area contributed by atoms with Gasteiger partial charge in [0, 0.05) is 21.8 Å². The second kappa shape index (κ2) is 5.89. The van der Waals surface area contributed by atoms with Gasteiger partial charge in [-0.3, -0.25) is 9.79 Å². The highest BCUT2D eigenvalue weighted by atomic mass is 35.5. The van der Waals surface area contributed by atoms with Crippen LogP contribution >= 0.6 is 11.6 Å². The van der Waals surface area contributed by atoms with E-state index >= 15 is 0 Å². The van der Waals surface area contributed by atoms with Crippen molar-refractivity contribution in [2.24, 2.45) is 4.99 Å². The van der Waals surface area contributed by atoms with E-state index in [2.05, 4.69) is 29.1 Å². The third-order valence-corrected chi connectivity index (χ3v) is 3.77. The monoisotopic (exact) mass is 313 g/mol. The van der Waals surface area contributed by atoms with Crippen LogP contribution in [-0.2, 0) is 4.79 Å². The Bertz CT molecular complexity index is 751. The largest absolute Gasteiger partial charge is 0.309 e. The molecule has 3 rings (SSSR count). The second-order valence-electron chi connectivity index (χ2n) is 5.51. The van der Waals surface area contributed by atoms with E-state index in [0.717, 1.165) is 22.5 Å². The number of nitrogens with zero attached hydrogens (tertiary/aromatic N) is 2. The van der Waals surface area contributed by atoms with Crippen LogP contribution < -0.4 is 5.32 Å². The highest BCUT2D eigenvalue weighted by Crippen LogP contribution is 2.24. The lowest BCUT2D eigenvalue weighted by molar-refractivity contribution is -0.114. The topological polar surface area (TPSA) is 54.4 Å². The van der Waals surface area contributed by atoms with E-state index in [4.69, 9.17) is 11.6 Å². The van der Waals surface area contributed by atoms with Crippen molar-refractivity contribution in [2.75, 3.05) is 11.9 Å². The number of aromatic nitrogens is 1. The van der Waals surface area contributed by atoms with E-state index in [1.54, 1.807) is 0 Å². The molecule has 0 bridgehead atoms. The van der Waals surface area contributed by atoms with Crippen LogP contribution in [0.1, 0.15) is 36.6 Å². The molecule has 1 amide bonds. The van der Waals surface area contributed by atoms with E-state index < -0.39 is 0 Å². The van der Waals surface area contributed by atoms with Crippen LogP contribution in [0.25, 0.3) is 0 Å². The van der Waals surface area contributed by atoms with Crippen LogP contribution in [0.4, 0.5) is 5.82 Å². The van der Waals surface area contributed by atoms with Gasteiger partial charge in [-0.15, -0.1) is 0 Å². The summed E-state index contributed by atoms with van der Waals surface area (Å²) in [4.78, 5) is 20.9. The maximum atomic E-state index is 11.9. The highest BCUT2D eigenvalue weighted by Gasteiger charge is 2.20. The summed E-state index contributed by atoms with van der Waals surface area (Å²) in [7, 11) is 0. The molecule has 1 aliphatic heterocycles. The maximum absolute atomic E-state index is 11.9. The van der Waals surface area contributed by atoms with Gasteiger partial charge in [-0.1, -0.05) is 37.6 Å². The van der Waals surface area contributed by atoms with Gasteiger partial charge in [0.25, 0.3) is 0 Å². The highest BCUT2D eigenvalue weighted by molar-refractivity contribution is 6.30. The molecular formula is C17H16ClN3O. The normalized spacial score (nSPS) is 14.2. The van der Waals surface area contributed by atoms with Gasteiger partial charge >= 0.3 is 0 Å². The predicted octanol–water partition coefficient (Wildman–Crippen LogP) is 3.65. The number of pyridine rings is 1. The number of hydrogen-bond acceptors (Lipinski definition) is 3. The number of amides is 1. The van der Waals surface area contributed by atoms with Gasteiger partial charge in [0.15, 0.2) is 0 Å². The zero-order valence-electron chi connectivity index (χ0n) is 12.4. The second-order valence-corrected chi connectivity index (χ2v) is 5.94. The number of anilines is 1. The molecule has 1 aromatic heterocycles. The molecule has 112 valence electrons. The van der Waals surface area contributed by atoms with Crippen molar-refractivity contribution in [3.63, 3.8) is 0 Å². The standard InChI is InChI=1S/C17H16ClN3O/c1-10(2)14-8-7-13-16(11-3-5-12(18)6-4-11)19-9-15(22)21-17(13)20-14/h3-8,10H,9H2,1-2H3,(H,20,21,22). The van der Waals surface area contributed by atoms with E-state index in [-0.39, 0.29) is 12.5 Å². The van der Waals surface area contributed by atoms with Gasteiger partial charge < -0.3 is 5.32 Å². The van der Waals surface area contributed by atoms with Gasteiger partial charge in [0.2, 0.25) is 5.91 Å². The number of carbonyl (C=O) groups is 1. The molecule has 0 unspecified atom stereocenters. The van der Waals surface area contributed by atoms with Crippen LogP contribution in [0.5, 0.6) is 0 Å². The van der Waals surface area contributed by atoms with E-state index in [1.165, 1.54) is 0 Å². The Hall–Kier alpha value is -2.20. The number of nitrogens with one attached hydrogen (secondary N) is 1. The van der Waals surface area contributed by atoms with Crippen molar-refractivity contribution in [3.8, 4) is 0 Å². The predicted molar refractivity (Wildman–Crippen MR) is 88.9 cm³/mol. The first-order valence-corrected chi connectivity index (χ1v) is 7.54. The molecule has 0 atom stereocenters. The van der Waals surface area contributed by atoms with Crippen molar-refractivity contribution in [1.82, 2.24) is 4.98 Å². The summed E-state index contributed by atoms with van der Waals surface area (Å²) < 4.78 is 0. The molecular weight excluding hydrogens is 298 g/mol. The molecule has 0 saturated heterocycles. The molecule has 0 fully saturated rings. The summed E-state index contributed by atoms with van der Waals surface area (Å²) in [6.07, 6.45) is 0. The third-order valence-electron chi connectivity index (χ3n) is 3.52. The van der Waals surface area contributed by atoms with Crippen molar-refractivity contribution >= 4 is 29.0 Å². The fraction of sp³-hybridized carbons (Fsp3) is 0.235. The summed E-state index contributed by atoms with van der Waals surface area (Å²) in [6, 6.07) is 11.4. The van der Waals surface area contributed by atoms with Crippen LogP contribution in [0.3, 0.4) is 0 Å².